The largest absolute Gasteiger partial charge is 0.416 e. The zero-order valence-corrected chi connectivity index (χ0v) is 15.8. The van der Waals surface area contributed by atoms with Gasteiger partial charge in [0.2, 0.25) is 0 Å². The summed E-state index contributed by atoms with van der Waals surface area (Å²) in [5, 5.41) is 6.85. The van der Waals surface area contributed by atoms with Crippen molar-refractivity contribution < 1.29 is 22.5 Å². The minimum atomic E-state index is -4.49. The predicted molar refractivity (Wildman–Crippen MR) is 99.2 cm³/mol. The molecule has 9 heteroatoms. The maximum absolute atomic E-state index is 13.1. The van der Waals surface area contributed by atoms with Crippen LogP contribution in [-0.2, 0) is 11.9 Å². The van der Waals surface area contributed by atoms with Gasteiger partial charge in [-0.05, 0) is 43.7 Å². The van der Waals surface area contributed by atoms with Gasteiger partial charge in [0.15, 0.2) is 0 Å². The first-order chi connectivity index (χ1) is 13.2. The number of thioether (sulfide) groups is 1. The fourth-order valence-electron chi connectivity index (χ4n) is 2.51. The lowest BCUT2D eigenvalue weighted by Crippen LogP contribution is -2.15. The van der Waals surface area contributed by atoms with Gasteiger partial charge in [-0.2, -0.15) is 13.2 Å². The molecule has 3 rings (SSSR count). The van der Waals surface area contributed by atoms with Crippen LogP contribution in [0, 0.1) is 13.8 Å². The number of aromatic nitrogens is 2. The molecule has 0 unspecified atom stereocenters. The number of alkyl halides is 3. The summed E-state index contributed by atoms with van der Waals surface area (Å²) in [5.41, 5.74) is 0.336. The van der Waals surface area contributed by atoms with Crippen LogP contribution in [0.5, 0.6) is 0 Å². The zero-order valence-electron chi connectivity index (χ0n) is 15.0. The van der Waals surface area contributed by atoms with E-state index in [4.69, 9.17) is 4.52 Å². The van der Waals surface area contributed by atoms with Gasteiger partial charge in [-0.1, -0.05) is 23.0 Å². The van der Waals surface area contributed by atoms with Crippen molar-refractivity contribution >= 4 is 23.4 Å². The van der Waals surface area contributed by atoms with Crippen molar-refractivity contribution in [3.63, 3.8) is 0 Å². The Balaban J connectivity index is 1.78. The van der Waals surface area contributed by atoms with Crippen molar-refractivity contribution in [2.45, 2.75) is 30.8 Å². The van der Waals surface area contributed by atoms with E-state index < -0.39 is 17.6 Å². The highest BCUT2D eigenvalue weighted by molar-refractivity contribution is 7.98. The number of amides is 1. The molecule has 0 aliphatic carbocycles. The lowest BCUT2D eigenvalue weighted by molar-refractivity contribution is -0.138. The standard InChI is InChI=1S/C19H16F3N3O2S/c1-11-5-6-13(9-16(11)19(20,21)22)24-17(26)15-4-3-7-23-18(15)28-10-14-8-12(2)27-25-14/h3-9H,10H2,1-2H3,(H,24,26). The first-order valence-electron chi connectivity index (χ1n) is 8.23. The number of carbonyl (C=O) groups is 1. The number of aryl methyl sites for hydroxylation is 2. The van der Waals surface area contributed by atoms with E-state index in [1.807, 2.05) is 0 Å². The predicted octanol–water partition coefficient (Wildman–Crippen LogP) is 5.25. The second-order valence-electron chi connectivity index (χ2n) is 6.06. The Morgan fingerprint density at radius 1 is 1.21 bits per heavy atom. The van der Waals surface area contributed by atoms with Crippen molar-refractivity contribution in [3.05, 3.63) is 70.7 Å². The summed E-state index contributed by atoms with van der Waals surface area (Å²) in [6, 6.07) is 8.62. The van der Waals surface area contributed by atoms with Crippen LogP contribution in [0.2, 0.25) is 0 Å². The number of hydrogen-bond donors (Lipinski definition) is 1. The van der Waals surface area contributed by atoms with Gasteiger partial charge in [0.1, 0.15) is 10.8 Å². The Morgan fingerprint density at radius 3 is 2.68 bits per heavy atom. The molecule has 0 bridgehead atoms. The molecule has 0 spiro atoms. The average Bonchev–Trinajstić information content (AvgIpc) is 3.06. The summed E-state index contributed by atoms with van der Waals surface area (Å²) in [5.74, 6) is 0.579. The summed E-state index contributed by atoms with van der Waals surface area (Å²) in [7, 11) is 0. The zero-order chi connectivity index (χ0) is 20.3. The van der Waals surface area contributed by atoms with Crippen LogP contribution in [0.4, 0.5) is 18.9 Å². The normalized spacial score (nSPS) is 11.5. The lowest BCUT2D eigenvalue weighted by atomic mass is 10.1. The Kier molecular flexibility index (Phi) is 5.73. The van der Waals surface area contributed by atoms with E-state index in [1.54, 1.807) is 31.3 Å². The van der Waals surface area contributed by atoms with Crippen molar-refractivity contribution in [2.75, 3.05) is 5.32 Å². The molecule has 0 atom stereocenters. The SMILES string of the molecule is Cc1cc(CSc2ncccc2C(=O)Nc2ccc(C)c(C(F)(F)F)c2)no1. The molecular weight excluding hydrogens is 391 g/mol. The maximum atomic E-state index is 13.1. The fraction of sp³-hybridized carbons (Fsp3) is 0.211. The molecule has 0 saturated heterocycles. The van der Waals surface area contributed by atoms with Gasteiger partial charge >= 0.3 is 6.18 Å². The number of nitrogens with zero attached hydrogens (tertiary/aromatic N) is 2. The van der Waals surface area contributed by atoms with Gasteiger partial charge < -0.3 is 9.84 Å². The Morgan fingerprint density at radius 2 is 2.00 bits per heavy atom. The fourth-order valence-corrected chi connectivity index (χ4v) is 3.38. The van der Waals surface area contributed by atoms with Crippen molar-refractivity contribution in [1.82, 2.24) is 10.1 Å². The van der Waals surface area contributed by atoms with Crippen molar-refractivity contribution in [3.8, 4) is 0 Å². The van der Waals surface area contributed by atoms with Crippen LogP contribution >= 0.6 is 11.8 Å². The summed E-state index contributed by atoms with van der Waals surface area (Å²) in [4.78, 5) is 16.8. The number of benzene rings is 1. The molecule has 5 nitrogen and oxygen atoms in total. The van der Waals surface area contributed by atoms with Gasteiger partial charge in [-0.25, -0.2) is 4.98 Å². The van der Waals surface area contributed by atoms with E-state index in [0.29, 0.717) is 22.2 Å². The number of nitrogens with one attached hydrogen (secondary N) is 1. The number of anilines is 1. The van der Waals surface area contributed by atoms with Crippen LogP contribution in [0.1, 0.15) is 32.9 Å². The third-order valence-corrected chi connectivity index (χ3v) is 4.89. The second-order valence-corrected chi connectivity index (χ2v) is 7.02. The van der Waals surface area contributed by atoms with E-state index in [9.17, 15) is 18.0 Å². The average molecular weight is 407 g/mol. The highest BCUT2D eigenvalue weighted by Gasteiger charge is 2.32. The third-order valence-electron chi connectivity index (χ3n) is 3.85. The lowest BCUT2D eigenvalue weighted by Gasteiger charge is -2.13. The number of pyridine rings is 1. The molecule has 1 aromatic carbocycles. The van der Waals surface area contributed by atoms with Gasteiger partial charge in [-0.15, -0.1) is 0 Å². The summed E-state index contributed by atoms with van der Waals surface area (Å²) >= 11 is 1.29. The summed E-state index contributed by atoms with van der Waals surface area (Å²) in [6.45, 7) is 3.15. The Bertz CT molecular complexity index is 1000. The van der Waals surface area contributed by atoms with E-state index in [1.165, 1.54) is 30.8 Å². The number of carbonyl (C=O) groups excluding carboxylic acids is 1. The van der Waals surface area contributed by atoms with E-state index in [2.05, 4.69) is 15.5 Å². The van der Waals surface area contributed by atoms with Gasteiger partial charge in [0, 0.05) is 23.7 Å². The first kappa shape index (κ1) is 19.9. The Labute approximate surface area is 163 Å². The van der Waals surface area contributed by atoms with Crippen molar-refractivity contribution in [1.29, 1.82) is 0 Å². The molecule has 2 aromatic heterocycles. The van der Waals surface area contributed by atoms with Gasteiger partial charge in [0.25, 0.3) is 5.91 Å². The molecule has 3 aromatic rings. The minimum absolute atomic E-state index is 0.0647. The maximum Gasteiger partial charge on any atom is 0.416 e. The molecule has 28 heavy (non-hydrogen) atoms. The highest BCUT2D eigenvalue weighted by Crippen LogP contribution is 2.33. The summed E-state index contributed by atoms with van der Waals surface area (Å²) < 4.78 is 44.2. The van der Waals surface area contributed by atoms with Gasteiger partial charge in [0.05, 0.1) is 16.8 Å². The topological polar surface area (TPSA) is 68.0 Å². The molecular formula is C19H16F3N3O2S. The number of hydrogen-bond acceptors (Lipinski definition) is 5. The summed E-state index contributed by atoms with van der Waals surface area (Å²) in [6.07, 6.45) is -2.95. The minimum Gasteiger partial charge on any atom is -0.361 e. The molecule has 2 heterocycles. The molecule has 0 aliphatic heterocycles. The first-order valence-corrected chi connectivity index (χ1v) is 9.22. The molecule has 0 fully saturated rings. The smallest absolute Gasteiger partial charge is 0.361 e. The number of halogens is 3. The quantitative estimate of drug-likeness (QED) is 0.585. The van der Waals surface area contributed by atoms with E-state index in [-0.39, 0.29) is 16.8 Å². The monoisotopic (exact) mass is 407 g/mol. The molecule has 0 aliphatic rings. The van der Waals surface area contributed by atoms with Crippen LogP contribution in [-0.4, -0.2) is 16.0 Å². The molecule has 1 N–H and O–H groups in total. The van der Waals surface area contributed by atoms with Crippen LogP contribution < -0.4 is 5.32 Å². The highest BCUT2D eigenvalue weighted by atomic mass is 32.2. The third kappa shape index (κ3) is 4.72. The molecule has 1 amide bonds. The number of rotatable bonds is 5. The second kappa shape index (κ2) is 8.05. The Hall–Kier alpha value is -2.81. The van der Waals surface area contributed by atoms with Gasteiger partial charge in [-0.3, -0.25) is 4.79 Å². The van der Waals surface area contributed by atoms with Crippen LogP contribution in [0.25, 0.3) is 0 Å². The molecule has 146 valence electrons. The van der Waals surface area contributed by atoms with Crippen molar-refractivity contribution in [2.24, 2.45) is 0 Å². The van der Waals surface area contributed by atoms with E-state index in [0.717, 1.165) is 6.07 Å². The molecule has 0 saturated carbocycles. The van der Waals surface area contributed by atoms with Crippen LogP contribution in [0.3, 0.4) is 0 Å². The molecule has 0 radical (unpaired) electrons. The van der Waals surface area contributed by atoms with Crippen LogP contribution in [0.15, 0.2) is 52.1 Å². The van der Waals surface area contributed by atoms with E-state index >= 15 is 0 Å².